The van der Waals surface area contributed by atoms with Gasteiger partial charge in [-0.15, -0.1) is 0 Å². The van der Waals surface area contributed by atoms with Crippen LogP contribution in [-0.4, -0.2) is 23.4 Å². The fraction of sp³-hybridized carbons (Fsp3) is 0.462. The summed E-state index contributed by atoms with van der Waals surface area (Å²) in [4.78, 5) is 13.7. The van der Waals surface area contributed by atoms with Gasteiger partial charge in [-0.25, -0.2) is 0 Å². The van der Waals surface area contributed by atoms with Crippen LogP contribution >= 0.6 is 11.6 Å². The number of hydrogen-bond donors (Lipinski definition) is 1. The van der Waals surface area contributed by atoms with Crippen molar-refractivity contribution < 1.29 is 4.79 Å². The van der Waals surface area contributed by atoms with Gasteiger partial charge in [-0.3, -0.25) is 4.79 Å². The molecule has 0 heterocycles. The van der Waals surface area contributed by atoms with E-state index in [2.05, 4.69) is 0 Å². The van der Waals surface area contributed by atoms with Crippen LogP contribution in [-0.2, 0) is 11.3 Å². The van der Waals surface area contributed by atoms with Crippen molar-refractivity contribution in [1.82, 2.24) is 4.90 Å². The molecular weight excluding hydrogens is 236 g/mol. The van der Waals surface area contributed by atoms with E-state index in [0.717, 1.165) is 5.56 Å². The van der Waals surface area contributed by atoms with Crippen LogP contribution in [0.4, 0.5) is 0 Å². The molecule has 0 saturated carbocycles. The molecule has 1 aromatic rings. The van der Waals surface area contributed by atoms with Crippen LogP contribution in [0.25, 0.3) is 0 Å². The number of halogens is 1. The number of nitrogens with two attached hydrogens (primary N) is 1. The fourth-order valence-electron chi connectivity index (χ4n) is 1.61. The maximum Gasteiger partial charge on any atom is 0.224 e. The predicted molar refractivity (Wildman–Crippen MR) is 70.8 cm³/mol. The molecule has 3 nitrogen and oxygen atoms in total. The number of nitrogens with zero attached hydrogens (tertiary/aromatic N) is 1. The predicted octanol–water partition coefficient (Wildman–Crippen LogP) is 2.43. The summed E-state index contributed by atoms with van der Waals surface area (Å²) in [5, 5.41) is 0.694. The first-order valence-electron chi connectivity index (χ1n) is 5.81. The second-order valence-corrected chi connectivity index (χ2v) is 4.59. The van der Waals surface area contributed by atoms with Gasteiger partial charge in [0.15, 0.2) is 0 Å². The molecule has 1 atom stereocenters. The Kier molecular flexibility index (Phi) is 5.45. The molecule has 1 amide bonds. The second-order valence-electron chi connectivity index (χ2n) is 4.18. The van der Waals surface area contributed by atoms with E-state index in [1.165, 1.54) is 0 Å². The average molecular weight is 255 g/mol. The van der Waals surface area contributed by atoms with Crippen molar-refractivity contribution in [1.29, 1.82) is 0 Å². The average Bonchev–Trinajstić information content (AvgIpc) is 2.27. The molecule has 2 N–H and O–H groups in total. The lowest BCUT2D eigenvalue weighted by atomic mass is 10.2. The van der Waals surface area contributed by atoms with Gasteiger partial charge in [0, 0.05) is 30.6 Å². The summed E-state index contributed by atoms with van der Waals surface area (Å²) in [6.45, 7) is 5.00. The summed E-state index contributed by atoms with van der Waals surface area (Å²) in [5.74, 6) is 0.0717. The van der Waals surface area contributed by atoms with Crippen molar-refractivity contribution in [2.24, 2.45) is 5.73 Å². The molecule has 0 bridgehead atoms. The Morgan fingerprint density at radius 1 is 1.47 bits per heavy atom. The number of benzene rings is 1. The lowest BCUT2D eigenvalue weighted by Gasteiger charge is -2.22. The standard InChI is InChI=1S/C13H19ClN2O/c1-3-16(13(17)8-10(2)15)9-11-6-4-5-7-12(11)14/h4-7,10H,3,8-9,15H2,1-2H3. The molecule has 1 rings (SSSR count). The van der Waals surface area contributed by atoms with Crippen molar-refractivity contribution in [3.63, 3.8) is 0 Å². The zero-order valence-electron chi connectivity index (χ0n) is 10.3. The van der Waals surface area contributed by atoms with Gasteiger partial charge in [-0.05, 0) is 25.5 Å². The molecule has 0 spiro atoms. The van der Waals surface area contributed by atoms with Gasteiger partial charge in [0.25, 0.3) is 0 Å². The first kappa shape index (κ1) is 14.0. The van der Waals surface area contributed by atoms with Crippen LogP contribution < -0.4 is 5.73 Å². The normalized spacial score (nSPS) is 12.2. The summed E-state index contributed by atoms with van der Waals surface area (Å²) >= 11 is 6.07. The Balaban J connectivity index is 2.70. The monoisotopic (exact) mass is 254 g/mol. The summed E-state index contributed by atoms with van der Waals surface area (Å²) in [5.41, 5.74) is 6.60. The van der Waals surface area contributed by atoms with E-state index in [0.29, 0.717) is 24.5 Å². The quantitative estimate of drug-likeness (QED) is 0.877. The maximum absolute atomic E-state index is 11.9. The van der Waals surface area contributed by atoms with Crippen LogP contribution in [0.2, 0.25) is 5.02 Å². The third-order valence-corrected chi connectivity index (χ3v) is 2.92. The number of hydrogen-bond acceptors (Lipinski definition) is 2. The van der Waals surface area contributed by atoms with E-state index in [9.17, 15) is 4.79 Å². The molecule has 0 aliphatic rings. The molecule has 0 aliphatic heterocycles. The third-order valence-electron chi connectivity index (χ3n) is 2.55. The van der Waals surface area contributed by atoms with Crippen LogP contribution in [0, 0.1) is 0 Å². The molecule has 0 fully saturated rings. The zero-order valence-corrected chi connectivity index (χ0v) is 11.1. The highest BCUT2D eigenvalue weighted by atomic mass is 35.5. The summed E-state index contributed by atoms with van der Waals surface area (Å²) < 4.78 is 0. The van der Waals surface area contributed by atoms with Gasteiger partial charge < -0.3 is 10.6 Å². The number of carbonyl (C=O) groups is 1. The first-order valence-corrected chi connectivity index (χ1v) is 6.19. The van der Waals surface area contributed by atoms with Crippen molar-refractivity contribution >= 4 is 17.5 Å². The lowest BCUT2D eigenvalue weighted by Crippen LogP contribution is -2.34. The van der Waals surface area contributed by atoms with E-state index in [4.69, 9.17) is 17.3 Å². The minimum Gasteiger partial charge on any atom is -0.339 e. The first-order chi connectivity index (χ1) is 8.04. The molecule has 0 saturated heterocycles. The van der Waals surface area contributed by atoms with E-state index >= 15 is 0 Å². The molecule has 94 valence electrons. The smallest absolute Gasteiger partial charge is 0.224 e. The van der Waals surface area contributed by atoms with Crippen molar-refractivity contribution in [3.8, 4) is 0 Å². The largest absolute Gasteiger partial charge is 0.339 e. The second kappa shape index (κ2) is 6.62. The topological polar surface area (TPSA) is 46.3 Å². The molecule has 0 aromatic heterocycles. The fourth-order valence-corrected chi connectivity index (χ4v) is 1.81. The summed E-state index contributed by atoms with van der Waals surface area (Å²) in [6, 6.07) is 7.46. The number of amides is 1. The minimum absolute atomic E-state index is 0.0717. The van der Waals surface area contributed by atoms with Crippen molar-refractivity contribution in [2.45, 2.75) is 32.9 Å². The Hall–Kier alpha value is -1.06. The Bertz CT molecular complexity index is 379. The molecular formula is C13H19ClN2O. The highest BCUT2D eigenvalue weighted by molar-refractivity contribution is 6.31. The van der Waals surface area contributed by atoms with Crippen LogP contribution in [0.3, 0.4) is 0 Å². The van der Waals surface area contributed by atoms with E-state index in [1.807, 2.05) is 38.1 Å². The highest BCUT2D eigenvalue weighted by Gasteiger charge is 2.14. The van der Waals surface area contributed by atoms with E-state index in [1.54, 1.807) is 4.90 Å². The van der Waals surface area contributed by atoms with Gasteiger partial charge in [-0.2, -0.15) is 0 Å². The number of rotatable bonds is 5. The summed E-state index contributed by atoms with van der Waals surface area (Å²) in [7, 11) is 0. The van der Waals surface area contributed by atoms with Crippen molar-refractivity contribution in [2.75, 3.05) is 6.54 Å². The van der Waals surface area contributed by atoms with Crippen LogP contribution in [0.15, 0.2) is 24.3 Å². The van der Waals surface area contributed by atoms with Gasteiger partial charge in [0.1, 0.15) is 0 Å². The Morgan fingerprint density at radius 3 is 2.65 bits per heavy atom. The Labute approximate surface area is 108 Å². The van der Waals surface area contributed by atoms with E-state index < -0.39 is 0 Å². The van der Waals surface area contributed by atoms with Gasteiger partial charge >= 0.3 is 0 Å². The highest BCUT2D eigenvalue weighted by Crippen LogP contribution is 2.17. The van der Waals surface area contributed by atoms with Gasteiger partial charge in [0.2, 0.25) is 5.91 Å². The van der Waals surface area contributed by atoms with Gasteiger partial charge in [0.05, 0.1) is 0 Å². The SMILES string of the molecule is CCN(Cc1ccccc1Cl)C(=O)CC(C)N. The molecule has 1 unspecified atom stereocenters. The third kappa shape index (κ3) is 4.36. The van der Waals surface area contributed by atoms with Gasteiger partial charge in [-0.1, -0.05) is 29.8 Å². The molecule has 0 aliphatic carbocycles. The summed E-state index contributed by atoms with van der Waals surface area (Å²) in [6.07, 6.45) is 0.373. The molecule has 4 heteroatoms. The lowest BCUT2D eigenvalue weighted by molar-refractivity contribution is -0.131. The molecule has 1 aromatic carbocycles. The van der Waals surface area contributed by atoms with Crippen molar-refractivity contribution in [3.05, 3.63) is 34.9 Å². The molecule has 17 heavy (non-hydrogen) atoms. The van der Waals surface area contributed by atoms with Crippen LogP contribution in [0.5, 0.6) is 0 Å². The Morgan fingerprint density at radius 2 is 2.12 bits per heavy atom. The zero-order chi connectivity index (χ0) is 12.8. The minimum atomic E-state index is -0.109. The maximum atomic E-state index is 11.9. The van der Waals surface area contributed by atoms with Crippen LogP contribution in [0.1, 0.15) is 25.8 Å². The molecule has 0 radical (unpaired) electrons. The van der Waals surface area contributed by atoms with E-state index in [-0.39, 0.29) is 11.9 Å². The number of carbonyl (C=O) groups excluding carboxylic acids is 1.